The predicted molar refractivity (Wildman–Crippen MR) is 103 cm³/mol. The van der Waals surface area contributed by atoms with E-state index >= 15 is 0 Å². The first-order valence-corrected chi connectivity index (χ1v) is 9.22. The highest BCUT2D eigenvalue weighted by Gasteiger charge is 2.34. The van der Waals surface area contributed by atoms with E-state index in [9.17, 15) is 13.2 Å². The van der Waals surface area contributed by atoms with E-state index in [0.29, 0.717) is 21.8 Å². The van der Waals surface area contributed by atoms with Crippen LogP contribution in [0.2, 0.25) is 0 Å². The van der Waals surface area contributed by atoms with Crippen LogP contribution in [0.15, 0.2) is 55.0 Å². The molecular weight excluding hydrogens is 387 g/mol. The summed E-state index contributed by atoms with van der Waals surface area (Å²) in [6, 6.07) is 11.8. The highest BCUT2D eigenvalue weighted by atomic mass is 32.1. The minimum Gasteiger partial charge on any atom is -0.345 e. The minimum atomic E-state index is -4.44. The second-order valence-electron chi connectivity index (χ2n) is 6.38. The third-order valence-electron chi connectivity index (χ3n) is 4.54. The molecule has 0 saturated heterocycles. The van der Waals surface area contributed by atoms with Crippen molar-refractivity contribution >= 4 is 22.4 Å². The molecule has 2 aromatic heterocycles. The molecule has 0 aliphatic rings. The van der Waals surface area contributed by atoms with Gasteiger partial charge in [-0.2, -0.15) is 13.2 Å². The topological polar surface area (TPSA) is 93.6 Å². The molecule has 2 unspecified atom stereocenters. The summed E-state index contributed by atoms with van der Waals surface area (Å²) in [6.07, 6.45) is -1.59. The van der Waals surface area contributed by atoms with Crippen molar-refractivity contribution < 1.29 is 13.2 Å². The lowest BCUT2D eigenvalue weighted by Gasteiger charge is -2.21. The molecule has 9 heteroatoms. The lowest BCUT2D eigenvalue weighted by atomic mass is 9.94. The Morgan fingerprint density at radius 1 is 0.929 bits per heavy atom. The van der Waals surface area contributed by atoms with Gasteiger partial charge in [0.25, 0.3) is 0 Å². The molecule has 0 radical (unpaired) electrons. The largest absolute Gasteiger partial charge is 0.443 e. The molecule has 0 fully saturated rings. The highest BCUT2D eigenvalue weighted by Crippen LogP contribution is 2.36. The van der Waals surface area contributed by atoms with E-state index in [4.69, 9.17) is 11.5 Å². The fraction of sp³-hybridized carbons (Fsp3) is 0.158. The van der Waals surface area contributed by atoms with Gasteiger partial charge in [-0.1, -0.05) is 30.3 Å². The lowest BCUT2D eigenvalue weighted by molar-refractivity contribution is -0.137. The van der Waals surface area contributed by atoms with Gasteiger partial charge in [0.2, 0.25) is 0 Å². The number of thiazole rings is 1. The number of fused-ring (bicyclic) bond motifs is 1. The van der Waals surface area contributed by atoms with Crippen LogP contribution in [0.25, 0.3) is 21.5 Å². The molecule has 5 nitrogen and oxygen atoms in total. The second kappa shape index (κ2) is 7.01. The van der Waals surface area contributed by atoms with Gasteiger partial charge in [0, 0.05) is 18.3 Å². The number of hydrogen-bond donors (Lipinski definition) is 3. The molecule has 4 rings (SSSR count). The normalized spacial score (nSPS) is 14.3. The molecule has 0 aliphatic carbocycles. The molecule has 28 heavy (non-hydrogen) atoms. The summed E-state index contributed by atoms with van der Waals surface area (Å²) in [5.74, 6) is 0. The first kappa shape index (κ1) is 18.6. The molecule has 144 valence electrons. The number of imidazole rings is 1. The molecule has 2 aromatic carbocycles. The maximum Gasteiger partial charge on any atom is 0.443 e. The van der Waals surface area contributed by atoms with Gasteiger partial charge >= 0.3 is 6.18 Å². The number of nitrogens with two attached hydrogens (primary N) is 2. The fourth-order valence-corrected chi connectivity index (χ4v) is 3.77. The van der Waals surface area contributed by atoms with E-state index in [1.807, 2.05) is 18.2 Å². The average molecular weight is 403 g/mol. The van der Waals surface area contributed by atoms with Crippen molar-refractivity contribution in [3.05, 3.63) is 71.1 Å². The molecule has 2 atom stereocenters. The smallest absolute Gasteiger partial charge is 0.345 e. The van der Waals surface area contributed by atoms with Crippen LogP contribution in [-0.4, -0.2) is 15.0 Å². The van der Waals surface area contributed by atoms with E-state index < -0.39 is 23.3 Å². The summed E-state index contributed by atoms with van der Waals surface area (Å²) in [4.78, 5) is 11.1. The van der Waals surface area contributed by atoms with E-state index in [0.717, 1.165) is 22.2 Å². The standard InChI is InChI=1S/C19H16F3N5S/c20-19(21,22)18-25-8-15(28-18)10-1-3-11(4-2-10)16(23)17(24)12-5-6-13-14(7-12)27-9-26-13/h1-9,16-17H,23-24H2,(H,26,27). The van der Waals surface area contributed by atoms with Crippen molar-refractivity contribution in [2.75, 3.05) is 0 Å². The molecule has 2 heterocycles. The van der Waals surface area contributed by atoms with Crippen LogP contribution >= 0.6 is 11.3 Å². The molecule has 5 N–H and O–H groups in total. The summed E-state index contributed by atoms with van der Waals surface area (Å²) in [7, 11) is 0. The summed E-state index contributed by atoms with van der Waals surface area (Å²) >= 11 is 0.611. The number of nitrogens with one attached hydrogen (secondary N) is 1. The van der Waals surface area contributed by atoms with Crippen molar-refractivity contribution in [3.63, 3.8) is 0 Å². The van der Waals surface area contributed by atoms with Gasteiger partial charge in [0.15, 0.2) is 5.01 Å². The number of alkyl halides is 3. The molecule has 4 aromatic rings. The molecule has 0 aliphatic heterocycles. The summed E-state index contributed by atoms with van der Waals surface area (Å²) < 4.78 is 38.2. The van der Waals surface area contributed by atoms with Gasteiger partial charge in [0.05, 0.1) is 22.2 Å². The minimum absolute atomic E-state index is 0.446. The summed E-state index contributed by atoms with van der Waals surface area (Å²) in [5, 5.41) is -0.862. The van der Waals surface area contributed by atoms with Crippen LogP contribution in [0.1, 0.15) is 28.2 Å². The second-order valence-corrected chi connectivity index (χ2v) is 7.41. The molecule has 0 spiro atoms. The molecule has 0 amide bonds. The van der Waals surface area contributed by atoms with Crippen LogP contribution in [0, 0.1) is 0 Å². The number of H-pyrrole nitrogens is 1. The third-order valence-corrected chi connectivity index (χ3v) is 5.64. The lowest BCUT2D eigenvalue weighted by Crippen LogP contribution is -2.26. The summed E-state index contributed by atoms with van der Waals surface area (Å²) in [5.41, 5.74) is 16.7. The summed E-state index contributed by atoms with van der Waals surface area (Å²) in [6.45, 7) is 0. The van der Waals surface area contributed by atoms with Crippen LogP contribution in [0.5, 0.6) is 0 Å². The monoisotopic (exact) mass is 403 g/mol. The van der Waals surface area contributed by atoms with Crippen LogP contribution in [0.4, 0.5) is 13.2 Å². The van der Waals surface area contributed by atoms with Gasteiger partial charge in [-0.15, -0.1) is 11.3 Å². The van der Waals surface area contributed by atoms with Crippen molar-refractivity contribution in [2.45, 2.75) is 18.3 Å². The third kappa shape index (κ3) is 3.51. The van der Waals surface area contributed by atoms with Gasteiger partial charge in [-0.05, 0) is 28.8 Å². The number of aromatic amines is 1. The first-order valence-electron chi connectivity index (χ1n) is 8.40. The van der Waals surface area contributed by atoms with Gasteiger partial charge in [-0.3, -0.25) is 0 Å². The number of hydrogen-bond acceptors (Lipinski definition) is 5. The molecule has 0 bridgehead atoms. The van der Waals surface area contributed by atoms with Crippen molar-refractivity contribution in [1.29, 1.82) is 0 Å². The van der Waals surface area contributed by atoms with E-state index in [1.54, 1.807) is 30.6 Å². The Balaban J connectivity index is 1.55. The highest BCUT2D eigenvalue weighted by molar-refractivity contribution is 7.15. The average Bonchev–Trinajstić information content (AvgIpc) is 3.35. The maximum atomic E-state index is 12.7. The Labute approximate surface area is 162 Å². The number of halogens is 3. The van der Waals surface area contributed by atoms with Crippen LogP contribution < -0.4 is 11.5 Å². The number of nitrogens with zero attached hydrogens (tertiary/aromatic N) is 2. The fourth-order valence-electron chi connectivity index (χ4n) is 2.98. The van der Waals surface area contributed by atoms with Gasteiger partial charge < -0.3 is 16.5 Å². The van der Waals surface area contributed by atoms with Crippen LogP contribution in [-0.2, 0) is 6.18 Å². The van der Waals surface area contributed by atoms with Crippen molar-refractivity contribution in [3.8, 4) is 10.4 Å². The van der Waals surface area contributed by atoms with Crippen molar-refractivity contribution in [2.24, 2.45) is 11.5 Å². The van der Waals surface area contributed by atoms with E-state index in [2.05, 4.69) is 15.0 Å². The predicted octanol–water partition coefficient (Wildman–Crippen LogP) is 4.41. The Kier molecular flexibility index (Phi) is 4.66. The van der Waals surface area contributed by atoms with Crippen LogP contribution in [0.3, 0.4) is 0 Å². The van der Waals surface area contributed by atoms with E-state index in [1.165, 1.54) is 6.20 Å². The number of aromatic nitrogens is 3. The Morgan fingerprint density at radius 2 is 1.61 bits per heavy atom. The van der Waals surface area contributed by atoms with Gasteiger partial charge in [0.1, 0.15) is 0 Å². The van der Waals surface area contributed by atoms with Gasteiger partial charge in [-0.25, -0.2) is 9.97 Å². The Hall–Kier alpha value is -2.75. The Morgan fingerprint density at radius 3 is 2.29 bits per heavy atom. The number of benzene rings is 2. The maximum absolute atomic E-state index is 12.7. The van der Waals surface area contributed by atoms with E-state index in [-0.39, 0.29) is 0 Å². The number of rotatable bonds is 4. The SMILES string of the molecule is NC(c1ccc(-c2cnc(C(F)(F)F)s2)cc1)C(N)c1ccc2nc[nH]c2c1. The Bertz CT molecular complexity index is 1100. The first-order chi connectivity index (χ1) is 13.3. The quantitative estimate of drug-likeness (QED) is 0.471. The van der Waals surface area contributed by atoms with Crippen molar-refractivity contribution in [1.82, 2.24) is 15.0 Å². The molecule has 0 saturated carbocycles. The molecular formula is C19H16F3N5S. The zero-order valence-electron chi connectivity index (χ0n) is 14.4. The zero-order valence-corrected chi connectivity index (χ0v) is 15.3. The zero-order chi connectivity index (χ0) is 19.9.